The van der Waals surface area contributed by atoms with Crippen LogP contribution < -0.4 is 15.4 Å². The first-order chi connectivity index (χ1) is 10.5. The molecule has 1 unspecified atom stereocenters. The van der Waals surface area contributed by atoms with Crippen molar-refractivity contribution in [2.75, 3.05) is 17.7 Å². The normalized spacial score (nSPS) is 11.6. The second kappa shape index (κ2) is 7.33. The number of rotatable bonds is 5. The minimum atomic E-state index is -0.481. The molecule has 0 aliphatic rings. The molecule has 0 saturated heterocycles. The van der Waals surface area contributed by atoms with Crippen molar-refractivity contribution in [3.63, 3.8) is 0 Å². The topological polar surface area (TPSA) is 63.2 Å². The highest BCUT2D eigenvalue weighted by Gasteiger charge is 2.15. The lowest BCUT2D eigenvalue weighted by Gasteiger charge is -2.16. The zero-order valence-corrected chi connectivity index (χ0v) is 13.6. The summed E-state index contributed by atoms with van der Waals surface area (Å²) in [6.45, 7) is 1.73. The zero-order valence-electron chi connectivity index (χ0n) is 12.1. The summed E-state index contributed by atoms with van der Waals surface area (Å²) in [5.41, 5.74) is 1.18. The number of carbonyl (C=O) groups is 1. The summed E-state index contributed by atoms with van der Waals surface area (Å²) in [5.74, 6) is 0.272. The number of hydrogen-bond acceptors (Lipinski definition) is 4. The van der Waals surface area contributed by atoms with Gasteiger partial charge in [0.2, 0.25) is 11.8 Å². The third-order valence-corrected chi connectivity index (χ3v) is 3.75. The van der Waals surface area contributed by atoms with Gasteiger partial charge in [-0.3, -0.25) is 4.79 Å². The molecule has 0 fully saturated rings. The van der Waals surface area contributed by atoms with Crippen molar-refractivity contribution in [2.45, 2.75) is 13.0 Å². The summed E-state index contributed by atoms with van der Waals surface area (Å²) >= 11 is 12.0. The fourth-order valence-electron chi connectivity index (χ4n) is 1.74. The second-order valence-corrected chi connectivity index (χ2v) is 5.33. The molecule has 2 N–H and O–H groups in total. The van der Waals surface area contributed by atoms with Gasteiger partial charge < -0.3 is 15.4 Å². The first kappa shape index (κ1) is 16.4. The minimum Gasteiger partial charge on any atom is -0.481 e. The first-order valence-electron chi connectivity index (χ1n) is 6.52. The van der Waals surface area contributed by atoms with Crippen molar-refractivity contribution < 1.29 is 9.53 Å². The quantitative estimate of drug-likeness (QED) is 0.868. The van der Waals surface area contributed by atoms with Crippen molar-refractivity contribution in [3.8, 4) is 5.88 Å². The van der Waals surface area contributed by atoms with Crippen LogP contribution in [0.5, 0.6) is 5.88 Å². The van der Waals surface area contributed by atoms with E-state index in [0.717, 1.165) is 0 Å². The fourth-order valence-corrected chi connectivity index (χ4v) is 2.09. The Morgan fingerprint density at radius 1 is 1.27 bits per heavy atom. The lowest BCUT2D eigenvalue weighted by Crippen LogP contribution is -2.32. The number of methoxy groups -OCH3 is 1. The highest BCUT2D eigenvalue weighted by molar-refractivity contribution is 6.44. The third kappa shape index (κ3) is 4.02. The molecule has 5 nitrogen and oxygen atoms in total. The standard InChI is InChI=1S/C15H15Cl2N3O2/c1-9(19-10-6-7-13(22-2)18-8-10)15(21)20-12-5-3-4-11(16)14(12)17/h3-9,19H,1-2H3,(H,20,21). The van der Waals surface area contributed by atoms with Gasteiger partial charge in [0, 0.05) is 6.07 Å². The molecule has 1 aromatic carbocycles. The Labute approximate surface area is 138 Å². The maximum atomic E-state index is 12.2. The monoisotopic (exact) mass is 339 g/mol. The van der Waals surface area contributed by atoms with Crippen LogP contribution in [0.1, 0.15) is 6.92 Å². The number of amides is 1. The van der Waals surface area contributed by atoms with Crippen molar-refractivity contribution in [2.24, 2.45) is 0 Å². The van der Waals surface area contributed by atoms with Gasteiger partial charge in [0.05, 0.1) is 34.7 Å². The van der Waals surface area contributed by atoms with E-state index in [2.05, 4.69) is 15.6 Å². The highest BCUT2D eigenvalue weighted by atomic mass is 35.5. The number of pyridine rings is 1. The van der Waals surface area contributed by atoms with Crippen LogP contribution in [0, 0.1) is 0 Å². The summed E-state index contributed by atoms with van der Waals surface area (Å²) in [4.78, 5) is 16.2. The van der Waals surface area contributed by atoms with Crippen LogP contribution in [0.25, 0.3) is 0 Å². The van der Waals surface area contributed by atoms with Crippen LogP contribution in [-0.4, -0.2) is 24.0 Å². The van der Waals surface area contributed by atoms with Crippen LogP contribution in [0.4, 0.5) is 11.4 Å². The van der Waals surface area contributed by atoms with Gasteiger partial charge >= 0.3 is 0 Å². The van der Waals surface area contributed by atoms with E-state index in [0.29, 0.717) is 27.3 Å². The van der Waals surface area contributed by atoms with Crippen LogP contribution >= 0.6 is 23.2 Å². The van der Waals surface area contributed by atoms with Crippen LogP contribution in [0.3, 0.4) is 0 Å². The number of carbonyl (C=O) groups excluding carboxylic acids is 1. The second-order valence-electron chi connectivity index (χ2n) is 4.55. The summed E-state index contributed by atoms with van der Waals surface area (Å²) in [6, 6.07) is 8.07. The van der Waals surface area contributed by atoms with E-state index in [1.54, 1.807) is 50.6 Å². The minimum absolute atomic E-state index is 0.236. The molecule has 2 rings (SSSR count). The van der Waals surface area contributed by atoms with Crippen molar-refractivity contribution in [1.82, 2.24) is 4.98 Å². The molecule has 0 bridgehead atoms. The Morgan fingerprint density at radius 3 is 2.68 bits per heavy atom. The lowest BCUT2D eigenvalue weighted by atomic mass is 10.2. The fraction of sp³-hybridized carbons (Fsp3) is 0.200. The van der Waals surface area contributed by atoms with Crippen LogP contribution in [0.15, 0.2) is 36.5 Å². The first-order valence-corrected chi connectivity index (χ1v) is 7.28. The number of hydrogen-bond donors (Lipinski definition) is 2. The van der Waals surface area contributed by atoms with Gasteiger partial charge in [-0.15, -0.1) is 0 Å². The SMILES string of the molecule is COc1ccc(NC(C)C(=O)Nc2cccc(Cl)c2Cl)cn1. The molecule has 0 aliphatic carbocycles. The molecular weight excluding hydrogens is 325 g/mol. The van der Waals surface area contributed by atoms with E-state index in [9.17, 15) is 4.79 Å². The van der Waals surface area contributed by atoms with Crippen LogP contribution in [-0.2, 0) is 4.79 Å². The maximum Gasteiger partial charge on any atom is 0.246 e. The summed E-state index contributed by atoms with van der Waals surface area (Å²) < 4.78 is 4.98. The van der Waals surface area contributed by atoms with Crippen molar-refractivity contribution in [3.05, 3.63) is 46.6 Å². The van der Waals surface area contributed by atoms with E-state index in [1.165, 1.54) is 0 Å². The van der Waals surface area contributed by atoms with E-state index < -0.39 is 6.04 Å². The predicted octanol–water partition coefficient (Wildman–Crippen LogP) is 3.84. The molecule has 2 aromatic rings. The van der Waals surface area contributed by atoms with Crippen molar-refractivity contribution in [1.29, 1.82) is 0 Å². The van der Waals surface area contributed by atoms with E-state index in [1.807, 2.05) is 0 Å². The van der Waals surface area contributed by atoms with Gasteiger partial charge in [-0.05, 0) is 25.1 Å². The van der Waals surface area contributed by atoms with E-state index in [4.69, 9.17) is 27.9 Å². The largest absolute Gasteiger partial charge is 0.481 e. The highest BCUT2D eigenvalue weighted by Crippen LogP contribution is 2.29. The Kier molecular flexibility index (Phi) is 5.46. The van der Waals surface area contributed by atoms with Gasteiger partial charge in [0.25, 0.3) is 0 Å². The molecule has 1 atom stereocenters. The average molecular weight is 340 g/mol. The Hall–Kier alpha value is -1.98. The molecule has 1 aromatic heterocycles. The van der Waals surface area contributed by atoms with Gasteiger partial charge in [-0.1, -0.05) is 29.3 Å². The summed E-state index contributed by atoms with van der Waals surface area (Å²) in [7, 11) is 1.54. The smallest absolute Gasteiger partial charge is 0.246 e. The molecular formula is C15H15Cl2N3O2. The number of halogens is 2. The van der Waals surface area contributed by atoms with E-state index >= 15 is 0 Å². The molecule has 116 valence electrons. The van der Waals surface area contributed by atoms with E-state index in [-0.39, 0.29) is 5.91 Å². The number of ether oxygens (including phenoxy) is 1. The Morgan fingerprint density at radius 2 is 2.05 bits per heavy atom. The molecule has 0 saturated carbocycles. The number of anilines is 2. The molecule has 0 aliphatic heterocycles. The molecule has 0 spiro atoms. The Bertz CT molecular complexity index is 662. The van der Waals surface area contributed by atoms with Gasteiger partial charge in [-0.25, -0.2) is 4.98 Å². The maximum absolute atomic E-state index is 12.2. The summed E-state index contributed by atoms with van der Waals surface area (Å²) in [5, 5.41) is 6.48. The van der Waals surface area contributed by atoms with Gasteiger partial charge in [-0.2, -0.15) is 0 Å². The van der Waals surface area contributed by atoms with Crippen LogP contribution in [0.2, 0.25) is 10.0 Å². The average Bonchev–Trinajstić information content (AvgIpc) is 2.52. The number of nitrogens with one attached hydrogen (secondary N) is 2. The molecule has 1 heterocycles. The third-order valence-electron chi connectivity index (χ3n) is 2.93. The molecule has 1 amide bonds. The number of benzene rings is 1. The van der Waals surface area contributed by atoms with Gasteiger partial charge in [0.15, 0.2) is 0 Å². The lowest BCUT2D eigenvalue weighted by molar-refractivity contribution is -0.116. The molecule has 7 heteroatoms. The number of nitrogens with zero attached hydrogens (tertiary/aromatic N) is 1. The Balaban J connectivity index is 2.01. The predicted molar refractivity (Wildman–Crippen MR) is 89.0 cm³/mol. The molecule has 22 heavy (non-hydrogen) atoms. The number of aromatic nitrogens is 1. The van der Waals surface area contributed by atoms with Gasteiger partial charge in [0.1, 0.15) is 6.04 Å². The zero-order chi connectivity index (χ0) is 16.1. The molecule has 0 radical (unpaired) electrons. The summed E-state index contributed by atoms with van der Waals surface area (Å²) in [6.07, 6.45) is 1.59. The van der Waals surface area contributed by atoms with Crippen molar-refractivity contribution >= 4 is 40.5 Å².